The second-order valence-corrected chi connectivity index (χ2v) is 7.99. The zero-order valence-electron chi connectivity index (χ0n) is 15.8. The monoisotopic (exact) mass is 429 g/mol. The van der Waals surface area contributed by atoms with Crippen molar-refractivity contribution in [2.75, 3.05) is 5.32 Å². The van der Waals surface area contributed by atoms with Crippen LogP contribution in [0.2, 0.25) is 5.02 Å². The number of thiophene rings is 1. The summed E-state index contributed by atoms with van der Waals surface area (Å²) in [5.74, 6) is 0. The number of imidazole rings is 1. The van der Waals surface area contributed by atoms with E-state index >= 15 is 0 Å². The molecule has 0 bridgehead atoms. The Balaban J connectivity index is 1.43. The molecule has 4 rings (SSSR count). The lowest BCUT2D eigenvalue weighted by molar-refractivity contribution is 0.796. The molecule has 0 saturated heterocycles. The van der Waals surface area contributed by atoms with Crippen molar-refractivity contribution < 1.29 is 0 Å². The smallest absolute Gasteiger partial charge is 0.107 e. The van der Waals surface area contributed by atoms with Crippen LogP contribution in [0.15, 0.2) is 66.4 Å². The first-order valence-corrected chi connectivity index (χ1v) is 10.4. The SMILES string of the molecule is N#Cc1ccc(Cn2cnc(CNc3scc(-c4ccc(Cl)cc4)c3C#N)c2)cc1. The predicted octanol–water partition coefficient (Wildman–Crippen LogP) is 5.67. The van der Waals surface area contributed by atoms with Gasteiger partial charge in [-0.3, -0.25) is 0 Å². The maximum Gasteiger partial charge on any atom is 0.107 e. The third-order valence-corrected chi connectivity index (χ3v) is 5.81. The summed E-state index contributed by atoms with van der Waals surface area (Å²) in [6.07, 6.45) is 3.76. The molecule has 2 heterocycles. The first kappa shape index (κ1) is 19.7. The number of nitriles is 2. The molecule has 0 radical (unpaired) electrons. The average Bonchev–Trinajstić information content (AvgIpc) is 3.39. The van der Waals surface area contributed by atoms with Gasteiger partial charge in [0.05, 0.1) is 35.8 Å². The van der Waals surface area contributed by atoms with Gasteiger partial charge < -0.3 is 9.88 Å². The molecular weight excluding hydrogens is 414 g/mol. The van der Waals surface area contributed by atoms with Gasteiger partial charge in [-0.1, -0.05) is 35.9 Å². The number of benzene rings is 2. The fourth-order valence-corrected chi connectivity index (χ4v) is 4.14. The van der Waals surface area contributed by atoms with Crippen LogP contribution in [0.4, 0.5) is 5.00 Å². The molecule has 146 valence electrons. The molecular formula is C23H16ClN5S. The lowest BCUT2D eigenvalue weighted by Crippen LogP contribution is -2.00. The number of nitrogens with one attached hydrogen (secondary N) is 1. The van der Waals surface area contributed by atoms with Crippen LogP contribution < -0.4 is 5.32 Å². The predicted molar refractivity (Wildman–Crippen MR) is 119 cm³/mol. The second-order valence-electron chi connectivity index (χ2n) is 6.67. The van der Waals surface area contributed by atoms with Crippen molar-refractivity contribution in [1.29, 1.82) is 10.5 Å². The molecule has 0 saturated carbocycles. The lowest BCUT2D eigenvalue weighted by atomic mass is 10.1. The molecule has 2 aromatic carbocycles. The molecule has 0 amide bonds. The van der Waals surface area contributed by atoms with Crippen LogP contribution in [-0.4, -0.2) is 9.55 Å². The van der Waals surface area contributed by atoms with Crippen LogP contribution in [0.5, 0.6) is 0 Å². The molecule has 0 spiro atoms. The summed E-state index contributed by atoms with van der Waals surface area (Å²) in [5.41, 5.74) is 5.12. The van der Waals surface area contributed by atoms with E-state index in [1.54, 1.807) is 6.33 Å². The third-order valence-electron chi connectivity index (χ3n) is 4.62. The second kappa shape index (κ2) is 8.84. The molecule has 0 atom stereocenters. The highest BCUT2D eigenvalue weighted by molar-refractivity contribution is 7.14. The van der Waals surface area contributed by atoms with E-state index < -0.39 is 0 Å². The summed E-state index contributed by atoms with van der Waals surface area (Å²) in [5, 5.41) is 25.4. The molecule has 2 aromatic heterocycles. The normalized spacial score (nSPS) is 10.4. The third kappa shape index (κ3) is 4.36. The Hall–Kier alpha value is -3.58. The van der Waals surface area contributed by atoms with Crippen molar-refractivity contribution in [3.05, 3.63) is 93.8 Å². The van der Waals surface area contributed by atoms with E-state index in [0.29, 0.717) is 29.2 Å². The van der Waals surface area contributed by atoms with Gasteiger partial charge in [0.1, 0.15) is 11.1 Å². The zero-order valence-corrected chi connectivity index (χ0v) is 17.4. The van der Waals surface area contributed by atoms with Gasteiger partial charge >= 0.3 is 0 Å². The van der Waals surface area contributed by atoms with Crippen molar-refractivity contribution in [1.82, 2.24) is 9.55 Å². The minimum absolute atomic E-state index is 0.523. The van der Waals surface area contributed by atoms with E-state index in [4.69, 9.17) is 16.9 Å². The number of halogens is 1. The minimum Gasteiger partial charge on any atom is -0.370 e. The van der Waals surface area contributed by atoms with E-state index in [-0.39, 0.29) is 0 Å². The van der Waals surface area contributed by atoms with Crippen LogP contribution in [0, 0.1) is 22.7 Å². The molecule has 0 unspecified atom stereocenters. The minimum atomic E-state index is 0.523. The van der Waals surface area contributed by atoms with Crippen molar-refractivity contribution in [3.8, 4) is 23.3 Å². The quantitative estimate of drug-likeness (QED) is 0.428. The van der Waals surface area contributed by atoms with Gasteiger partial charge in [-0.2, -0.15) is 10.5 Å². The fraction of sp³-hybridized carbons (Fsp3) is 0.0870. The first-order valence-electron chi connectivity index (χ1n) is 9.17. The Kier molecular flexibility index (Phi) is 5.81. The Morgan fingerprint density at radius 3 is 2.50 bits per heavy atom. The average molecular weight is 430 g/mol. The van der Waals surface area contributed by atoms with Crippen molar-refractivity contribution in [2.45, 2.75) is 13.1 Å². The molecule has 0 aliphatic carbocycles. The summed E-state index contributed by atoms with van der Waals surface area (Å²) in [4.78, 5) is 4.45. The maximum absolute atomic E-state index is 9.66. The van der Waals surface area contributed by atoms with Gasteiger partial charge in [-0.05, 0) is 35.4 Å². The van der Waals surface area contributed by atoms with Crippen molar-refractivity contribution in [2.24, 2.45) is 0 Å². The lowest BCUT2D eigenvalue weighted by Gasteiger charge is -2.04. The number of nitrogens with zero attached hydrogens (tertiary/aromatic N) is 4. The van der Waals surface area contributed by atoms with E-state index in [1.165, 1.54) is 11.3 Å². The van der Waals surface area contributed by atoms with E-state index in [0.717, 1.165) is 27.4 Å². The van der Waals surface area contributed by atoms with E-state index in [2.05, 4.69) is 22.4 Å². The van der Waals surface area contributed by atoms with Gasteiger partial charge in [0, 0.05) is 28.7 Å². The molecule has 30 heavy (non-hydrogen) atoms. The van der Waals surface area contributed by atoms with Crippen LogP contribution in [0.3, 0.4) is 0 Å². The number of rotatable bonds is 6. The maximum atomic E-state index is 9.66. The van der Waals surface area contributed by atoms with Crippen LogP contribution in [-0.2, 0) is 13.1 Å². The number of hydrogen-bond donors (Lipinski definition) is 1. The van der Waals surface area contributed by atoms with Gasteiger partial charge in [0.2, 0.25) is 0 Å². The largest absolute Gasteiger partial charge is 0.370 e. The van der Waals surface area contributed by atoms with Gasteiger partial charge in [-0.25, -0.2) is 4.98 Å². The van der Waals surface area contributed by atoms with Gasteiger partial charge in [-0.15, -0.1) is 11.3 Å². The van der Waals surface area contributed by atoms with E-state index in [1.807, 2.05) is 64.7 Å². The standard InChI is InChI=1S/C23H16ClN5S/c24-19-7-5-18(6-8-19)22-14-30-23(21(22)10-26)27-11-20-13-29(15-28-20)12-17-3-1-16(9-25)2-4-17/h1-8,13-15,27H,11-12H2. The highest BCUT2D eigenvalue weighted by Crippen LogP contribution is 2.35. The molecule has 5 nitrogen and oxygen atoms in total. The molecule has 0 aliphatic rings. The summed E-state index contributed by atoms with van der Waals surface area (Å²) >= 11 is 7.47. The number of hydrogen-bond acceptors (Lipinski definition) is 5. The number of anilines is 1. The zero-order chi connectivity index (χ0) is 20.9. The summed E-state index contributed by atoms with van der Waals surface area (Å²) in [6, 6.07) is 19.4. The summed E-state index contributed by atoms with van der Waals surface area (Å²) in [7, 11) is 0. The first-order chi connectivity index (χ1) is 14.7. The number of aromatic nitrogens is 2. The Morgan fingerprint density at radius 1 is 1.03 bits per heavy atom. The molecule has 1 N–H and O–H groups in total. The van der Waals surface area contributed by atoms with Gasteiger partial charge in [0.25, 0.3) is 0 Å². The Morgan fingerprint density at radius 2 is 1.80 bits per heavy atom. The molecule has 4 aromatic rings. The van der Waals surface area contributed by atoms with Crippen LogP contribution >= 0.6 is 22.9 Å². The Bertz CT molecular complexity index is 1240. The van der Waals surface area contributed by atoms with E-state index in [9.17, 15) is 5.26 Å². The van der Waals surface area contributed by atoms with Crippen molar-refractivity contribution in [3.63, 3.8) is 0 Å². The van der Waals surface area contributed by atoms with Crippen LogP contribution in [0.25, 0.3) is 11.1 Å². The summed E-state index contributed by atoms with van der Waals surface area (Å²) < 4.78 is 2.00. The molecule has 7 heteroatoms. The van der Waals surface area contributed by atoms with Crippen molar-refractivity contribution >= 4 is 27.9 Å². The van der Waals surface area contributed by atoms with Crippen LogP contribution in [0.1, 0.15) is 22.4 Å². The van der Waals surface area contributed by atoms with Gasteiger partial charge in [0.15, 0.2) is 0 Å². The Labute approximate surface area is 183 Å². The highest BCUT2D eigenvalue weighted by atomic mass is 35.5. The highest BCUT2D eigenvalue weighted by Gasteiger charge is 2.13. The molecule has 0 aliphatic heterocycles. The molecule has 0 fully saturated rings. The topological polar surface area (TPSA) is 77.4 Å². The summed E-state index contributed by atoms with van der Waals surface area (Å²) in [6.45, 7) is 1.21. The fourth-order valence-electron chi connectivity index (χ4n) is 3.09.